The van der Waals surface area contributed by atoms with Gasteiger partial charge < -0.3 is 15.4 Å². The minimum absolute atomic E-state index is 0.0101. The van der Waals surface area contributed by atoms with Gasteiger partial charge in [0.05, 0.1) is 18.9 Å². The van der Waals surface area contributed by atoms with Gasteiger partial charge in [0, 0.05) is 18.0 Å². The number of carbonyl (C=O) groups excluding carboxylic acids is 2. The Labute approximate surface area is 192 Å². The molecule has 32 heavy (non-hydrogen) atoms. The van der Waals surface area contributed by atoms with Gasteiger partial charge in [0.25, 0.3) is 0 Å². The first-order valence-corrected chi connectivity index (χ1v) is 11.7. The van der Waals surface area contributed by atoms with E-state index >= 15 is 0 Å². The lowest BCUT2D eigenvalue weighted by atomic mass is 9.74. The van der Waals surface area contributed by atoms with Crippen molar-refractivity contribution in [1.82, 2.24) is 4.90 Å². The standard InChI is InChI=1S/C26H28N2O3S/c1-31-22-9-3-6-19(15-22)16-24(29)28-12-5-11-26(18-28,25(27)30)17-20-7-2-8-21(14-20)23-10-4-13-32-23/h2-4,6-10,13-15H,5,11-12,16-18H2,1H3,(H2,27,30). The zero-order valence-electron chi connectivity index (χ0n) is 18.3. The molecule has 2 aromatic carbocycles. The molecule has 0 aliphatic carbocycles. The summed E-state index contributed by atoms with van der Waals surface area (Å²) in [6, 6.07) is 19.9. The lowest BCUT2D eigenvalue weighted by Crippen LogP contribution is -2.53. The second-order valence-corrected chi connectivity index (χ2v) is 9.39. The van der Waals surface area contributed by atoms with Crippen molar-refractivity contribution in [2.75, 3.05) is 20.2 Å². The fraction of sp³-hybridized carbons (Fsp3) is 0.308. The fourth-order valence-corrected chi connectivity index (χ4v) is 5.24. The van der Waals surface area contributed by atoms with E-state index in [2.05, 4.69) is 23.6 Å². The van der Waals surface area contributed by atoms with Gasteiger partial charge in [-0.25, -0.2) is 0 Å². The maximum Gasteiger partial charge on any atom is 0.227 e. The molecule has 2 amide bonds. The van der Waals surface area contributed by atoms with Crippen molar-refractivity contribution in [2.45, 2.75) is 25.7 Å². The molecule has 2 heterocycles. The summed E-state index contributed by atoms with van der Waals surface area (Å²) in [6.07, 6.45) is 2.26. The van der Waals surface area contributed by atoms with Crippen molar-refractivity contribution in [1.29, 1.82) is 0 Å². The van der Waals surface area contributed by atoms with Gasteiger partial charge in [-0.3, -0.25) is 9.59 Å². The minimum atomic E-state index is -0.754. The number of nitrogens with zero attached hydrogens (tertiary/aromatic N) is 1. The van der Waals surface area contributed by atoms with Crippen LogP contribution in [0, 0.1) is 5.41 Å². The number of likely N-dealkylation sites (tertiary alicyclic amines) is 1. The van der Waals surface area contributed by atoms with Gasteiger partial charge in [0.15, 0.2) is 0 Å². The number of amides is 2. The van der Waals surface area contributed by atoms with E-state index in [0.29, 0.717) is 25.9 Å². The van der Waals surface area contributed by atoms with Gasteiger partial charge in [-0.05, 0) is 59.5 Å². The molecule has 1 fully saturated rings. The summed E-state index contributed by atoms with van der Waals surface area (Å²) in [7, 11) is 1.61. The predicted molar refractivity (Wildman–Crippen MR) is 128 cm³/mol. The van der Waals surface area contributed by atoms with E-state index in [0.717, 1.165) is 28.9 Å². The number of piperidine rings is 1. The smallest absolute Gasteiger partial charge is 0.227 e. The van der Waals surface area contributed by atoms with Gasteiger partial charge in [-0.15, -0.1) is 11.3 Å². The molecular formula is C26H28N2O3S. The lowest BCUT2D eigenvalue weighted by Gasteiger charge is -2.41. The lowest BCUT2D eigenvalue weighted by molar-refractivity contribution is -0.139. The maximum absolute atomic E-state index is 13.1. The second-order valence-electron chi connectivity index (χ2n) is 8.45. The number of rotatable bonds is 7. The molecule has 1 unspecified atom stereocenters. The van der Waals surface area contributed by atoms with Crippen molar-refractivity contribution in [3.63, 3.8) is 0 Å². The molecule has 3 aromatic rings. The van der Waals surface area contributed by atoms with E-state index < -0.39 is 5.41 Å². The zero-order chi connectivity index (χ0) is 22.6. The first-order chi connectivity index (χ1) is 15.5. The van der Waals surface area contributed by atoms with Crippen LogP contribution >= 0.6 is 11.3 Å². The largest absolute Gasteiger partial charge is 0.497 e. The molecule has 4 rings (SSSR count). The molecule has 0 radical (unpaired) electrons. The monoisotopic (exact) mass is 448 g/mol. The second kappa shape index (κ2) is 9.57. The topological polar surface area (TPSA) is 72.6 Å². The normalized spacial score (nSPS) is 18.3. The van der Waals surface area contributed by atoms with Crippen molar-refractivity contribution in [3.8, 4) is 16.2 Å². The minimum Gasteiger partial charge on any atom is -0.497 e. The first-order valence-electron chi connectivity index (χ1n) is 10.8. The quantitative estimate of drug-likeness (QED) is 0.586. The summed E-state index contributed by atoms with van der Waals surface area (Å²) in [4.78, 5) is 28.7. The SMILES string of the molecule is COc1cccc(CC(=O)N2CCCC(Cc3cccc(-c4cccs4)c3)(C(N)=O)C2)c1. The number of methoxy groups -OCH3 is 1. The molecule has 1 aliphatic rings. The Morgan fingerprint density at radius 3 is 2.66 bits per heavy atom. The summed E-state index contributed by atoms with van der Waals surface area (Å²) >= 11 is 1.69. The highest BCUT2D eigenvalue weighted by atomic mass is 32.1. The highest BCUT2D eigenvalue weighted by Crippen LogP contribution is 2.35. The number of hydrogen-bond acceptors (Lipinski definition) is 4. The van der Waals surface area contributed by atoms with E-state index in [1.165, 1.54) is 4.88 Å². The molecule has 1 aromatic heterocycles. The zero-order valence-corrected chi connectivity index (χ0v) is 19.1. The number of carbonyl (C=O) groups is 2. The third-order valence-corrected chi connectivity index (χ3v) is 7.14. The molecule has 0 saturated carbocycles. The number of nitrogens with two attached hydrogens (primary N) is 1. The number of ether oxygens (including phenoxy) is 1. The number of benzene rings is 2. The summed E-state index contributed by atoms with van der Waals surface area (Å²) in [5, 5.41) is 2.06. The molecular weight excluding hydrogens is 420 g/mol. The first kappa shape index (κ1) is 22.1. The van der Waals surface area contributed by atoms with E-state index in [1.54, 1.807) is 23.3 Å². The Bertz CT molecular complexity index is 1100. The molecule has 1 atom stereocenters. The highest BCUT2D eigenvalue weighted by Gasteiger charge is 2.42. The van der Waals surface area contributed by atoms with E-state index in [9.17, 15) is 9.59 Å². The Morgan fingerprint density at radius 2 is 1.91 bits per heavy atom. The Morgan fingerprint density at radius 1 is 1.09 bits per heavy atom. The summed E-state index contributed by atoms with van der Waals surface area (Å²) in [6.45, 7) is 1.00. The van der Waals surface area contributed by atoms with Crippen LogP contribution in [0.4, 0.5) is 0 Å². The van der Waals surface area contributed by atoms with Crippen molar-refractivity contribution >= 4 is 23.2 Å². The number of hydrogen-bond donors (Lipinski definition) is 1. The van der Waals surface area contributed by atoms with E-state index in [-0.39, 0.29) is 18.2 Å². The van der Waals surface area contributed by atoms with E-state index in [1.807, 2.05) is 42.5 Å². The highest BCUT2D eigenvalue weighted by molar-refractivity contribution is 7.13. The van der Waals surface area contributed by atoms with Gasteiger partial charge >= 0.3 is 0 Å². The van der Waals surface area contributed by atoms with Crippen molar-refractivity contribution < 1.29 is 14.3 Å². The third kappa shape index (κ3) is 4.86. The molecule has 5 nitrogen and oxygen atoms in total. The Hall–Kier alpha value is -3.12. The van der Waals surface area contributed by atoms with Crippen LogP contribution in [0.5, 0.6) is 5.75 Å². The van der Waals surface area contributed by atoms with E-state index in [4.69, 9.17) is 10.5 Å². The van der Waals surface area contributed by atoms with Crippen LogP contribution in [0.2, 0.25) is 0 Å². The number of thiophene rings is 1. The average Bonchev–Trinajstić information content (AvgIpc) is 3.34. The van der Waals surface area contributed by atoms with Crippen molar-refractivity contribution in [2.24, 2.45) is 11.1 Å². The van der Waals surface area contributed by atoms with Crippen LogP contribution in [0.25, 0.3) is 10.4 Å². The summed E-state index contributed by atoms with van der Waals surface area (Å²) in [5.41, 5.74) is 8.29. The van der Waals surface area contributed by atoms with Gasteiger partial charge in [-0.2, -0.15) is 0 Å². The molecule has 0 spiro atoms. The Balaban J connectivity index is 1.52. The summed E-state index contributed by atoms with van der Waals surface area (Å²) in [5.74, 6) is 0.403. The van der Waals surface area contributed by atoms with Gasteiger partial charge in [0.1, 0.15) is 5.75 Å². The maximum atomic E-state index is 13.1. The van der Waals surface area contributed by atoms with Crippen LogP contribution < -0.4 is 10.5 Å². The van der Waals surface area contributed by atoms with Gasteiger partial charge in [0.2, 0.25) is 11.8 Å². The van der Waals surface area contributed by atoms with Crippen LogP contribution in [0.1, 0.15) is 24.0 Å². The molecule has 0 bridgehead atoms. The van der Waals surface area contributed by atoms with Crippen LogP contribution in [-0.4, -0.2) is 36.9 Å². The Kier molecular flexibility index (Phi) is 6.61. The molecule has 1 aliphatic heterocycles. The summed E-state index contributed by atoms with van der Waals surface area (Å²) < 4.78 is 5.26. The third-order valence-electron chi connectivity index (χ3n) is 6.22. The van der Waals surface area contributed by atoms with Crippen LogP contribution in [0.15, 0.2) is 66.0 Å². The van der Waals surface area contributed by atoms with Crippen LogP contribution in [-0.2, 0) is 22.4 Å². The average molecular weight is 449 g/mol. The van der Waals surface area contributed by atoms with Gasteiger partial charge in [-0.1, -0.05) is 42.5 Å². The molecule has 1 saturated heterocycles. The predicted octanol–water partition coefficient (Wildman–Crippen LogP) is 4.30. The molecule has 2 N–H and O–H groups in total. The number of primary amides is 1. The molecule has 6 heteroatoms. The van der Waals surface area contributed by atoms with Crippen LogP contribution in [0.3, 0.4) is 0 Å². The van der Waals surface area contributed by atoms with Crippen molar-refractivity contribution in [3.05, 3.63) is 77.2 Å². The molecule has 166 valence electrons. The fourth-order valence-electron chi connectivity index (χ4n) is 4.51.